The molecule has 0 saturated carbocycles. The van der Waals surface area contributed by atoms with Crippen LogP contribution in [0.3, 0.4) is 0 Å². The molecule has 4 rings (SSSR count). The van der Waals surface area contributed by atoms with Gasteiger partial charge >= 0.3 is 0 Å². The molecule has 0 aliphatic rings. The number of aromatic nitrogens is 1. The van der Waals surface area contributed by atoms with Crippen molar-refractivity contribution in [1.29, 1.82) is 0 Å². The highest BCUT2D eigenvalue weighted by atomic mass is 35.5. The van der Waals surface area contributed by atoms with E-state index in [1.165, 1.54) is 67.8 Å². The molecule has 0 spiro atoms. The number of methoxy groups -OCH3 is 1. The van der Waals surface area contributed by atoms with Crippen molar-refractivity contribution in [3.63, 3.8) is 0 Å². The zero-order chi connectivity index (χ0) is 21.5. The summed E-state index contributed by atoms with van der Waals surface area (Å²) in [7, 11) is -2.65. The first-order valence-corrected chi connectivity index (χ1v) is 10.6. The predicted octanol–water partition coefficient (Wildman–Crippen LogP) is 5.67. The van der Waals surface area contributed by atoms with E-state index in [4.69, 9.17) is 16.3 Å². The van der Waals surface area contributed by atoms with Gasteiger partial charge in [-0.05, 0) is 65.7 Å². The van der Waals surface area contributed by atoms with E-state index in [9.17, 15) is 17.2 Å². The van der Waals surface area contributed by atoms with Crippen LogP contribution in [0.4, 0.5) is 8.78 Å². The number of hydrogen-bond acceptors (Lipinski definition) is 4. The van der Waals surface area contributed by atoms with Crippen LogP contribution in [0.2, 0.25) is 5.02 Å². The summed E-state index contributed by atoms with van der Waals surface area (Å²) >= 11 is 6.09. The molecule has 0 radical (unpaired) electrons. The van der Waals surface area contributed by atoms with Gasteiger partial charge in [-0.2, -0.15) is 0 Å². The Balaban J connectivity index is 1.98. The Hall–Kier alpha value is -3.03. The molecule has 0 atom stereocenters. The third kappa shape index (κ3) is 3.62. The highest BCUT2D eigenvalue weighted by molar-refractivity contribution is 7.91. The second kappa shape index (κ2) is 7.66. The summed E-state index contributed by atoms with van der Waals surface area (Å²) in [5.74, 6) is -0.683. The molecular weight excluding hydrogens is 432 g/mol. The SMILES string of the molecule is COc1ccc(S(=O)(=O)c2cc(-c3cccc(F)c3)c3cc(F)ccc3n2)cc1Cl. The van der Waals surface area contributed by atoms with E-state index < -0.39 is 21.5 Å². The van der Waals surface area contributed by atoms with Gasteiger partial charge in [-0.25, -0.2) is 22.2 Å². The minimum Gasteiger partial charge on any atom is -0.495 e. The van der Waals surface area contributed by atoms with Crippen molar-refractivity contribution in [2.24, 2.45) is 0 Å². The zero-order valence-electron chi connectivity index (χ0n) is 15.6. The van der Waals surface area contributed by atoms with Crippen LogP contribution in [0.15, 0.2) is 76.7 Å². The van der Waals surface area contributed by atoms with Crippen LogP contribution < -0.4 is 4.74 Å². The first-order chi connectivity index (χ1) is 14.3. The zero-order valence-corrected chi connectivity index (χ0v) is 17.1. The van der Waals surface area contributed by atoms with Crippen molar-refractivity contribution < 1.29 is 21.9 Å². The minimum atomic E-state index is -4.07. The van der Waals surface area contributed by atoms with E-state index in [0.29, 0.717) is 22.3 Å². The van der Waals surface area contributed by atoms with Gasteiger partial charge in [0.2, 0.25) is 9.84 Å². The number of halogens is 3. The summed E-state index contributed by atoms with van der Waals surface area (Å²) < 4.78 is 59.2. The lowest BCUT2D eigenvalue weighted by Gasteiger charge is -2.12. The van der Waals surface area contributed by atoms with Crippen LogP contribution in [0.5, 0.6) is 5.75 Å². The van der Waals surface area contributed by atoms with Crippen molar-refractivity contribution >= 4 is 32.3 Å². The van der Waals surface area contributed by atoms with E-state index in [1.807, 2.05) is 0 Å². The molecule has 30 heavy (non-hydrogen) atoms. The molecule has 4 aromatic rings. The summed E-state index contributed by atoms with van der Waals surface area (Å²) in [5, 5.41) is 0.237. The van der Waals surface area contributed by atoms with Crippen LogP contribution in [0.25, 0.3) is 22.0 Å². The van der Waals surface area contributed by atoms with Crippen LogP contribution in [0, 0.1) is 11.6 Å². The molecule has 4 nitrogen and oxygen atoms in total. The Labute approximate surface area is 176 Å². The number of pyridine rings is 1. The summed E-state index contributed by atoms with van der Waals surface area (Å²) in [5.41, 5.74) is 1.01. The van der Waals surface area contributed by atoms with Gasteiger partial charge in [0.1, 0.15) is 17.4 Å². The minimum absolute atomic E-state index is 0.0764. The maximum absolute atomic E-state index is 13.9. The molecule has 0 fully saturated rings. The van der Waals surface area contributed by atoms with Gasteiger partial charge in [0.15, 0.2) is 5.03 Å². The molecule has 0 unspecified atom stereocenters. The van der Waals surface area contributed by atoms with Gasteiger partial charge in [0, 0.05) is 5.39 Å². The lowest BCUT2D eigenvalue weighted by molar-refractivity contribution is 0.414. The number of rotatable bonds is 4. The Morgan fingerprint density at radius 1 is 0.933 bits per heavy atom. The van der Waals surface area contributed by atoms with E-state index >= 15 is 0 Å². The number of sulfone groups is 1. The molecule has 8 heteroatoms. The molecule has 3 aromatic carbocycles. The molecule has 1 aromatic heterocycles. The summed E-state index contributed by atoms with van der Waals surface area (Å²) in [4.78, 5) is 4.15. The van der Waals surface area contributed by atoms with Gasteiger partial charge in [-0.15, -0.1) is 0 Å². The van der Waals surface area contributed by atoms with Gasteiger partial charge in [-0.1, -0.05) is 23.7 Å². The third-order valence-corrected chi connectivity index (χ3v) is 6.52. The molecule has 0 saturated heterocycles. The van der Waals surface area contributed by atoms with Crippen LogP contribution in [-0.4, -0.2) is 20.5 Å². The second-order valence-electron chi connectivity index (χ2n) is 6.48. The van der Waals surface area contributed by atoms with Crippen LogP contribution >= 0.6 is 11.6 Å². The lowest BCUT2D eigenvalue weighted by Crippen LogP contribution is -2.06. The van der Waals surface area contributed by atoms with Crippen LogP contribution in [0.1, 0.15) is 0 Å². The Kier molecular flexibility index (Phi) is 5.17. The fraction of sp³-hybridized carbons (Fsp3) is 0.0455. The van der Waals surface area contributed by atoms with E-state index in [1.54, 1.807) is 6.07 Å². The van der Waals surface area contributed by atoms with E-state index in [-0.39, 0.29) is 20.5 Å². The molecule has 0 bridgehead atoms. The number of nitrogens with zero attached hydrogens (tertiary/aromatic N) is 1. The van der Waals surface area contributed by atoms with E-state index in [0.717, 1.165) is 0 Å². The van der Waals surface area contributed by atoms with Crippen molar-refractivity contribution in [1.82, 2.24) is 4.98 Å². The van der Waals surface area contributed by atoms with E-state index in [2.05, 4.69) is 4.98 Å². The van der Waals surface area contributed by atoms with Crippen LogP contribution in [-0.2, 0) is 9.84 Å². The monoisotopic (exact) mass is 445 g/mol. The second-order valence-corrected chi connectivity index (χ2v) is 8.78. The summed E-state index contributed by atoms with van der Waals surface area (Å²) in [6.07, 6.45) is 0. The Bertz CT molecular complexity index is 1390. The topological polar surface area (TPSA) is 56.3 Å². The number of fused-ring (bicyclic) bond motifs is 1. The third-order valence-electron chi connectivity index (χ3n) is 4.59. The lowest BCUT2D eigenvalue weighted by atomic mass is 10.0. The van der Waals surface area contributed by atoms with Crippen molar-refractivity contribution in [2.75, 3.05) is 7.11 Å². The Morgan fingerprint density at radius 3 is 2.40 bits per heavy atom. The summed E-state index contributed by atoms with van der Waals surface area (Å²) in [6.45, 7) is 0. The molecule has 0 aliphatic carbocycles. The standard InChI is InChI=1S/C22H14ClF2NO3S/c1-29-21-8-6-16(11-19(21)23)30(27,28)22-12-17(13-3-2-4-14(24)9-13)18-10-15(25)5-7-20(18)26-22/h2-12H,1H3. The first-order valence-electron chi connectivity index (χ1n) is 8.74. The summed E-state index contributed by atoms with van der Waals surface area (Å²) in [6, 6.07) is 14.8. The smallest absolute Gasteiger partial charge is 0.223 e. The van der Waals surface area contributed by atoms with Gasteiger partial charge in [0.05, 0.1) is 22.5 Å². The molecule has 1 heterocycles. The molecule has 152 valence electrons. The number of hydrogen-bond donors (Lipinski definition) is 0. The number of ether oxygens (including phenoxy) is 1. The fourth-order valence-corrected chi connectivity index (χ4v) is 4.72. The molecule has 0 aliphatic heterocycles. The average molecular weight is 446 g/mol. The largest absolute Gasteiger partial charge is 0.495 e. The maximum atomic E-state index is 13.9. The highest BCUT2D eigenvalue weighted by Gasteiger charge is 2.23. The molecule has 0 N–H and O–H groups in total. The normalized spacial score (nSPS) is 11.6. The van der Waals surface area contributed by atoms with Gasteiger partial charge in [-0.3, -0.25) is 0 Å². The van der Waals surface area contributed by atoms with Crippen molar-refractivity contribution in [3.8, 4) is 16.9 Å². The van der Waals surface area contributed by atoms with Crippen molar-refractivity contribution in [3.05, 3.63) is 83.4 Å². The maximum Gasteiger partial charge on any atom is 0.223 e. The molecular formula is C22H14ClF2NO3S. The van der Waals surface area contributed by atoms with Gasteiger partial charge in [0.25, 0.3) is 0 Å². The average Bonchev–Trinajstić information content (AvgIpc) is 2.72. The first kappa shape index (κ1) is 20.3. The quantitative estimate of drug-likeness (QED) is 0.406. The Morgan fingerprint density at radius 2 is 1.70 bits per heavy atom. The van der Waals surface area contributed by atoms with Gasteiger partial charge < -0.3 is 4.74 Å². The fourth-order valence-electron chi connectivity index (χ4n) is 3.14. The number of benzene rings is 3. The molecule has 0 amide bonds. The predicted molar refractivity (Wildman–Crippen MR) is 111 cm³/mol. The highest BCUT2D eigenvalue weighted by Crippen LogP contribution is 2.34. The van der Waals surface area contributed by atoms with Crippen molar-refractivity contribution in [2.45, 2.75) is 9.92 Å².